The highest BCUT2D eigenvalue weighted by Crippen LogP contribution is 2.31. The van der Waals surface area contributed by atoms with E-state index in [4.69, 9.17) is 4.74 Å². The molecule has 0 radical (unpaired) electrons. The van der Waals surface area contributed by atoms with Gasteiger partial charge in [0.25, 0.3) is 0 Å². The Labute approximate surface area is 180 Å². The van der Waals surface area contributed by atoms with Crippen molar-refractivity contribution in [2.75, 3.05) is 7.11 Å². The normalized spacial score (nSPS) is 18.1. The van der Waals surface area contributed by atoms with E-state index in [0.29, 0.717) is 11.7 Å². The first-order valence-corrected chi connectivity index (χ1v) is 10.8. The molecule has 4 rings (SSSR count). The maximum Gasteiger partial charge on any atom is 0.242 e. The Hall–Kier alpha value is -3.12. The molecule has 152 valence electrons. The number of ether oxygens (including phenoxy) is 1. The van der Waals surface area contributed by atoms with Gasteiger partial charge in [-0.3, -0.25) is 9.69 Å². The average Bonchev–Trinajstić information content (AvgIpc) is 3.09. The number of nitrogens with zero attached hydrogens (tertiary/aromatic N) is 3. The molecular formula is C24H23N3O2S. The Balaban J connectivity index is 1.58. The van der Waals surface area contributed by atoms with Crippen LogP contribution in [0.15, 0.2) is 76.9 Å². The van der Waals surface area contributed by atoms with Gasteiger partial charge < -0.3 is 4.74 Å². The smallest absolute Gasteiger partial charge is 0.242 e. The van der Waals surface area contributed by atoms with Gasteiger partial charge >= 0.3 is 0 Å². The van der Waals surface area contributed by atoms with Crippen LogP contribution in [-0.4, -0.2) is 34.5 Å². The molecule has 1 saturated heterocycles. The zero-order valence-corrected chi connectivity index (χ0v) is 17.8. The molecule has 0 aliphatic carbocycles. The highest BCUT2D eigenvalue weighted by molar-refractivity contribution is 8.15. The van der Waals surface area contributed by atoms with Gasteiger partial charge in [0.2, 0.25) is 5.91 Å². The Kier molecular flexibility index (Phi) is 6.14. The van der Waals surface area contributed by atoms with E-state index >= 15 is 0 Å². The molecular weight excluding hydrogens is 394 g/mol. The predicted octanol–water partition coefficient (Wildman–Crippen LogP) is 5.09. The van der Waals surface area contributed by atoms with E-state index in [2.05, 4.69) is 28.4 Å². The minimum atomic E-state index is -0.116. The topological polar surface area (TPSA) is 54.3 Å². The van der Waals surface area contributed by atoms with Crippen LogP contribution in [0.25, 0.3) is 10.8 Å². The second-order valence-electron chi connectivity index (χ2n) is 6.98. The minimum Gasteiger partial charge on any atom is -0.497 e. The van der Waals surface area contributed by atoms with Crippen molar-refractivity contribution in [3.63, 3.8) is 0 Å². The van der Waals surface area contributed by atoms with E-state index in [1.54, 1.807) is 18.2 Å². The van der Waals surface area contributed by atoms with Crippen LogP contribution in [0.1, 0.15) is 24.5 Å². The predicted molar refractivity (Wildman–Crippen MR) is 124 cm³/mol. The van der Waals surface area contributed by atoms with Crippen molar-refractivity contribution >= 4 is 39.8 Å². The summed E-state index contributed by atoms with van der Waals surface area (Å²) in [5.74, 6) is 0.873. The largest absolute Gasteiger partial charge is 0.497 e. The molecule has 1 fully saturated rings. The fourth-order valence-corrected chi connectivity index (χ4v) is 4.43. The Bertz CT molecular complexity index is 1100. The molecule has 1 heterocycles. The van der Waals surface area contributed by atoms with Crippen LogP contribution < -0.4 is 4.74 Å². The summed E-state index contributed by atoms with van der Waals surface area (Å²) in [5.41, 5.74) is 2.02. The Morgan fingerprint density at radius 1 is 1.07 bits per heavy atom. The van der Waals surface area contributed by atoms with E-state index in [1.807, 2.05) is 55.5 Å². The lowest BCUT2D eigenvalue weighted by molar-refractivity contribution is -0.126. The van der Waals surface area contributed by atoms with E-state index in [-0.39, 0.29) is 11.2 Å². The van der Waals surface area contributed by atoms with Gasteiger partial charge in [-0.2, -0.15) is 5.10 Å². The zero-order valence-electron chi connectivity index (χ0n) is 17.0. The maximum absolute atomic E-state index is 12.8. The Morgan fingerprint density at radius 3 is 2.60 bits per heavy atom. The lowest BCUT2D eigenvalue weighted by atomic mass is 10.1. The molecule has 1 aliphatic rings. The third kappa shape index (κ3) is 4.24. The summed E-state index contributed by atoms with van der Waals surface area (Å²) in [6.45, 7) is 2.48. The van der Waals surface area contributed by atoms with Crippen LogP contribution in [0.3, 0.4) is 0 Å². The van der Waals surface area contributed by atoms with Gasteiger partial charge in [0, 0.05) is 5.56 Å². The third-order valence-electron chi connectivity index (χ3n) is 5.05. The molecule has 1 amide bonds. The number of hydrogen-bond donors (Lipinski definition) is 0. The minimum absolute atomic E-state index is 0.0810. The lowest BCUT2D eigenvalue weighted by Gasteiger charge is -2.16. The molecule has 0 N–H and O–H groups in total. The number of carbonyl (C=O) groups is 1. The number of amidine groups is 1. The molecule has 0 saturated carbocycles. The second-order valence-corrected chi connectivity index (χ2v) is 8.15. The highest BCUT2D eigenvalue weighted by atomic mass is 32.2. The fourth-order valence-electron chi connectivity index (χ4n) is 3.41. The molecule has 0 bridgehead atoms. The number of methoxy groups -OCH3 is 1. The van der Waals surface area contributed by atoms with Crippen LogP contribution in [0.4, 0.5) is 0 Å². The lowest BCUT2D eigenvalue weighted by Crippen LogP contribution is -2.31. The first-order chi connectivity index (χ1) is 14.7. The number of hydrogen-bond acceptors (Lipinski definition) is 5. The number of thioether (sulfide) groups is 1. The van der Waals surface area contributed by atoms with Crippen LogP contribution in [-0.2, 0) is 11.3 Å². The van der Waals surface area contributed by atoms with Crippen LogP contribution >= 0.6 is 11.8 Å². The molecule has 0 aromatic heterocycles. The number of rotatable bonds is 6. The van der Waals surface area contributed by atoms with Crippen molar-refractivity contribution in [3.8, 4) is 5.75 Å². The van der Waals surface area contributed by atoms with E-state index in [1.165, 1.54) is 11.8 Å². The third-order valence-corrected chi connectivity index (χ3v) is 6.39. The van der Waals surface area contributed by atoms with Gasteiger partial charge in [-0.05, 0) is 34.9 Å². The summed E-state index contributed by atoms with van der Waals surface area (Å²) in [5, 5.41) is 11.5. The molecule has 6 heteroatoms. The van der Waals surface area contributed by atoms with Crippen LogP contribution in [0, 0.1) is 0 Å². The highest BCUT2D eigenvalue weighted by Gasteiger charge is 2.36. The molecule has 3 aromatic rings. The van der Waals surface area contributed by atoms with E-state index in [0.717, 1.165) is 34.1 Å². The SMILES string of the molecule is CCC1S/C(=N/N=C/c2cccc3ccccc23)N(Cc2ccc(OC)cc2)C1=O. The fraction of sp³-hybridized carbons (Fsp3) is 0.208. The molecule has 1 unspecified atom stereocenters. The van der Waals surface area contributed by atoms with Crippen molar-refractivity contribution in [2.45, 2.75) is 25.1 Å². The number of benzene rings is 3. The second kappa shape index (κ2) is 9.13. The monoisotopic (exact) mass is 417 g/mol. The van der Waals surface area contributed by atoms with Gasteiger partial charge in [-0.15, -0.1) is 5.10 Å². The van der Waals surface area contributed by atoms with Crippen molar-refractivity contribution < 1.29 is 9.53 Å². The molecule has 0 spiro atoms. The summed E-state index contributed by atoms with van der Waals surface area (Å²) in [7, 11) is 1.64. The summed E-state index contributed by atoms with van der Waals surface area (Å²) >= 11 is 1.48. The van der Waals surface area contributed by atoms with Gasteiger partial charge in [-0.1, -0.05) is 73.3 Å². The van der Waals surface area contributed by atoms with Crippen molar-refractivity contribution in [1.29, 1.82) is 0 Å². The van der Waals surface area contributed by atoms with Crippen LogP contribution in [0.5, 0.6) is 5.75 Å². The summed E-state index contributed by atoms with van der Waals surface area (Å²) in [4.78, 5) is 14.6. The summed E-state index contributed by atoms with van der Waals surface area (Å²) in [6, 6.07) is 22.0. The van der Waals surface area contributed by atoms with Crippen molar-refractivity contribution in [3.05, 3.63) is 77.9 Å². The zero-order chi connectivity index (χ0) is 20.9. The maximum atomic E-state index is 12.8. The quantitative estimate of drug-likeness (QED) is 0.415. The number of fused-ring (bicyclic) bond motifs is 1. The Morgan fingerprint density at radius 2 is 1.83 bits per heavy atom. The standard InChI is InChI=1S/C24H23N3O2S/c1-3-22-23(28)27(16-17-11-13-20(29-2)14-12-17)24(30-22)26-25-15-19-9-6-8-18-7-4-5-10-21(18)19/h4-15,22H,3,16H2,1-2H3/b25-15+,26-24+. The molecule has 5 nitrogen and oxygen atoms in total. The first-order valence-electron chi connectivity index (χ1n) is 9.89. The van der Waals surface area contributed by atoms with Gasteiger partial charge in [0.05, 0.1) is 25.1 Å². The molecule has 3 aromatic carbocycles. The van der Waals surface area contributed by atoms with E-state index < -0.39 is 0 Å². The van der Waals surface area contributed by atoms with Crippen molar-refractivity contribution in [1.82, 2.24) is 4.90 Å². The van der Waals surface area contributed by atoms with E-state index in [9.17, 15) is 4.79 Å². The first kappa shape index (κ1) is 20.2. The molecule has 1 atom stereocenters. The van der Waals surface area contributed by atoms with Gasteiger partial charge in [-0.25, -0.2) is 0 Å². The summed E-state index contributed by atoms with van der Waals surface area (Å²) in [6.07, 6.45) is 2.51. The average molecular weight is 418 g/mol. The van der Waals surface area contributed by atoms with Crippen molar-refractivity contribution in [2.24, 2.45) is 10.2 Å². The number of carbonyl (C=O) groups excluding carboxylic acids is 1. The van der Waals surface area contributed by atoms with Gasteiger partial charge in [0.1, 0.15) is 5.75 Å². The number of amides is 1. The molecule has 30 heavy (non-hydrogen) atoms. The summed E-state index contributed by atoms with van der Waals surface area (Å²) < 4.78 is 5.21. The molecule has 1 aliphatic heterocycles. The van der Waals surface area contributed by atoms with Crippen LogP contribution in [0.2, 0.25) is 0 Å². The van der Waals surface area contributed by atoms with Gasteiger partial charge in [0.15, 0.2) is 5.17 Å².